The molecule has 100 valence electrons. The largest absolute Gasteiger partial charge is 0.339 e. The van der Waals surface area contributed by atoms with Crippen molar-refractivity contribution in [3.8, 4) is 11.4 Å². The number of aromatic nitrogens is 2. The van der Waals surface area contributed by atoms with Gasteiger partial charge in [-0.15, -0.1) is 0 Å². The Morgan fingerprint density at radius 2 is 2.37 bits per heavy atom. The van der Waals surface area contributed by atoms with Gasteiger partial charge in [0, 0.05) is 12.0 Å². The summed E-state index contributed by atoms with van der Waals surface area (Å²) in [6.07, 6.45) is 1.88. The number of hydrogen-bond acceptors (Lipinski definition) is 4. The van der Waals surface area contributed by atoms with Crippen LogP contribution in [0.5, 0.6) is 0 Å². The molecule has 0 spiro atoms. The molecule has 1 aromatic heterocycles. The molecule has 0 saturated carbocycles. The van der Waals surface area contributed by atoms with E-state index in [2.05, 4.69) is 15.5 Å². The van der Waals surface area contributed by atoms with E-state index in [4.69, 9.17) is 16.1 Å². The van der Waals surface area contributed by atoms with Crippen molar-refractivity contribution in [3.05, 3.63) is 34.9 Å². The van der Waals surface area contributed by atoms with Gasteiger partial charge in [-0.05, 0) is 43.6 Å². The zero-order chi connectivity index (χ0) is 13.2. The molecule has 0 bridgehead atoms. The first-order chi connectivity index (χ1) is 9.22. The summed E-state index contributed by atoms with van der Waals surface area (Å²) in [5.41, 5.74) is 0.586. The SMILES string of the molecule is Fc1ccc(-c2noc(CC3CCNC3)n2)c(Cl)c1. The van der Waals surface area contributed by atoms with Gasteiger partial charge in [0.25, 0.3) is 0 Å². The second-order valence-corrected chi connectivity index (χ2v) is 5.11. The van der Waals surface area contributed by atoms with Crippen LogP contribution < -0.4 is 5.32 Å². The molecule has 3 rings (SSSR count). The highest BCUT2D eigenvalue weighted by molar-refractivity contribution is 6.33. The first-order valence-electron chi connectivity index (χ1n) is 6.21. The fraction of sp³-hybridized carbons (Fsp3) is 0.385. The molecular formula is C13H13ClFN3O. The van der Waals surface area contributed by atoms with Gasteiger partial charge in [-0.25, -0.2) is 4.39 Å². The summed E-state index contributed by atoms with van der Waals surface area (Å²) in [7, 11) is 0. The number of nitrogens with zero attached hydrogens (tertiary/aromatic N) is 2. The number of hydrogen-bond donors (Lipinski definition) is 1. The third-order valence-corrected chi connectivity index (χ3v) is 3.58. The lowest BCUT2D eigenvalue weighted by atomic mass is 10.1. The zero-order valence-corrected chi connectivity index (χ0v) is 11.0. The van der Waals surface area contributed by atoms with Crippen molar-refractivity contribution in [2.75, 3.05) is 13.1 Å². The number of nitrogens with one attached hydrogen (secondary N) is 1. The van der Waals surface area contributed by atoms with Gasteiger partial charge in [0.15, 0.2) is 0 Å². The van der Waals surface area contributed by atoms with E-state index in [0.29, 0.717) is 23.2 Å². The van der Waals surface area contributed by atoms with E-state index in [-0.39, 0.29) is 10.8 Å². The molecule has 1 aromatic carbocycles. The molecule has 1 atom stereocenters. The number of benzene rings is 1. The second-order valence-electron chi connectivity index (χ2n) is 4.70. The van der Waals surface area contributed by atoms with E-state index in [1.165, 1.54) is 12.1 Å². The summed E-state index contributed by atoms with van der Waals surface area (Å²) >= 11 is 5.97. The molecule has 6 heteroatoms. The number of rotatable bonds is 3. The van der Waals surface area contributed by atoms with Gasteiger partial charge in [-0.3, -0.25) is 0 Å². The Labute approximate surface area is 115 Å². The van der Waals surface area contributed by atoms with Crippen molar-refractivity contribution >= 4 is 11.6 Å². The van der Waals surface area contributed by atoms with Crippen LogP contribution in [0.1, 0.15) is 12.3 Å². The zero-order valence-electron chi connectivity index (χ0n) is 10.2. The van der Waals surface area contributed by atoms with Gasteiger partial charge in [0.2, 0.25) is 11.7 Å². The second kappa shape index (κ2) is 5.27. The molecule has 0 aliphatic carbocycles. The van der Waals surface area contributed by atoms with Gasteiger partial charge < -0.3 is 9.84 Å². The normalized spacial score (nSPS) is 18.9. The van der Waals surface area contributed by atoms with E-state index in [1.807, 2.05) is 0 Å². The monoisotopic (exact) mass is 281 g/mol. The summed E-state index contributed by atoms with van der Waals surface area (Å²) in [6.45, 7) is 2.02. The summed E-state index contributed by atoms with van der Waals surface area (Å²) in [6, 6.07) is 4.13. The van der Waals surface area contributed by atoms with Crippen LogP contribution in [0, 0.1) is 11.7 Å². The van der Waals surface area contributed by atoms with Crippen molar-refractivity contribution in [1.29, 1.82) is 0 Å². The predicted molar refractivity (Wildman–Crippen MR) is 69.4 cm³/mol. The quantitative estimate of drug-likeness (QED) is 0.940. The predicted octanol–water partition coefficient (Wildman–Crippen LogP) is 2.68. The van der Waals surface area contributed by atoms with Crippen molar-refractivity contribution in [2.45, 2.75) is 12.8 Å². The van der Waals surface area contributed by atoms with Gasteiger partial charge >= 0.3 is 0 Å². The maximum atomic E-state index is 13.0. The molecule has 4 nitrogen and oxygen atoms in total. The van der Waals surface area contributed by atoms with Crippen LogP contribution in [-0.4, -0.2) is 23.2 Å². The van der Waals surface area contributed by atoms with E-state index in [9.17, 15) is 4.39 Å². The Bertz CT molecular complexity index is 581. The molecule has 1 unspecified atom stereocenters. The van der Waals surface area contributed by atoms with Crippen LogP contribution in [0.25, 0.3) is 11.4 Å². The molecule has 1 saturated heterocycles. The lowest BCUT2D eigenvalue weighted by Gasteiger charge is -2.02. The summed E-state index contributed by atoms with van der Waals surface area (Å²) in [4.78, 5) is 4.32. The van der Waals surface area contributed by atoms with Crippen molar-refractivity contribution in [1.82, 2.24) is 15.5 Å². The Kier molecular flexibility index (Phi) is 3.48. The molecule has 1 aliphatic rings. The Hall–Kier alpha value is -1.46. The van der Waals surface area contributed by atoms with Gasteiger partial charge in [0.1, 0.15) is 5.82 Å². The molecule has 1 fully saturated rings. The van der Waals surface area contributed by atoms with Crippen LogP contribution in [0.3, 0.4) is 0 Å². The smallest absolute Gasteiger partial charge is 0.227 e. The van der Waals surface area contributed by atoms with Crippen LogP contribution in [0.4, 0.5) is 4.39 Å². The van der Waals surface area contributed by atoms with Crippen molar-refractivity contribution in [3.63, 3.8) is 0 Å². The minimum absolute atomic E-state index is 0.287. The molecule has 2 aromatic rings. The van der Waals surface area contributed by atoms with E-state index in [0.717, 1.165) is 25.9 Å². The molecule has 0 amide bonds. The highest BCUT2D eigenvalue weighted by atomic mass is 35.5. The fourth-order valence-electron chi connectivity index (χ4n) is 2.25. The van der Waals surface area contributed by atoms with Crippen molar-refractivity contribution < 1.29 is 8.91 Å². The molecule has 0 radical (unpaired) electrons. The first-order valence-corrected chi connectivity index (χ1v) is 6.59. The first kappa shape index (κ1) is 12.6. The van der Waals surface area contributed by atoms with Crippen LogP contribution in [-0.2, 0) is 6.42 Å². The average Bonchev–Trinajstić information content (AvgIpc) is 3.01. The van der Waals surface area contributed by atoms with E-state index < -0.39 is 0 Å². The molecule has 2 heterocycles. The van der Waals surface area contributed by atoms with Gasteiger partial charge in [0.05, 0.1) is 5.02 Å². The number of halogens is 2. The Balaban J connectivity index is 1.80. The third kappa shape index (κ3) is 2.77. The standard InChI is InChI=1S/C13H13ClFN3O/c14-11-6-9(15)1-2-10(11)13-17-12(19-18-13)5-8-3-4-16-7-8/h1-2,6,8,16H,3-5,7H2. The lowest BCUT2D eigenvalue weighted by molar-refractivity contribution is 0.358. The topological polar surface area (TPSA) is 51.0 Å². The minimum Gasteiger partial charge on any atom is -0.339 e. The van der Waals surface area contributed by atoms with E-state index in [1.54, 1.807) is 6.07 Å². The van der Waals surface area contributed by atoms with Gasteiger partial charge in [-0.1, -0.05) is 16.8 Å². The Morgan fingerprint density at radius 3 is 3.11 bits per heavy atom. The maximum Gasteiger partial charge on any atom is 0.227 e. The molecule has 1 N–H and O–H groups in total. The summed E-state index contributed by atoms with van der Waals surface area (Å²) < 4.78 is 18.2. The van der Waals surface area contributed by atoms with Crippen molar-refractivity contribution in [2.24, 2.45) is 5.92 Å². The fourth-order valence-corrected chi connectivity index (χ4v) is 2.51. The highest BCUT2D eigenvalue weighted by Crippen LogP contribution is 2.26. The van der Waals surface area contributed by atoms with Crippen LogP contribution >= 0.6 is 11.6 Å². The lowest BCUT2D eigenvalue weighted by Crippen LogP contribution is -2.10. The van der Waals surface area contributed by atoms with Crippen LogP contribution in [0.15, 0.2) is 22.7 Å². The van der Waals surface area contributed by atoms with E-state index >= 15 is 0 Å². The molecule has 19 heavy (non-hydrogen) atoms. The molecular weight excluding hydrogens is 269 g/mol. The summed E-state index contributed by atoms with van der Waals surface area (Å²) in [5, 5.41) is 7.49. The minimum atomic E-state index is -0.380. The van der Waals surface area contributed by atoms with Crippen LogP contribution in [0.2, 0.25) is 5.02 Å². The maximum absolute atomic E-state index is 13.0. The summed E-state index contributed by atoms with van der Waals surface area (Å²) in [5.74, 6) is 1.17. The molecule has 1 aliphatic heterocycles. The Morgan fingerprint density at radius 1 is 1.47 bits per heavy atom. The highest BCUT2D eigenvalue weighted by Gasteiger charge is 2.19. The third-order valence-electron chi connectivity index (χ3n) is 3.27. The average molecular weight is 282 g/mol. The van der Waals surface area contributed by atoms with Gasteiger partial charge in [-0.2, -0.15) is 4.98 Å².